The van der Waals surface area contributed by atoms with E-state index in [1.807, 2.05) is 42.2 Å². The Hall–Kier alpha value is -3.04. The molecule has 9 heteroatoms. The van der Waals surface area contributed by atoms with Gasteiger partial charge in [0.05, 0.1) is 10.8 Å². The third-order valence-electron chi connectivity index (χ3n) is 7.08. The maximum atomic E-state index is 12.9. The van der Waals surface area contributed by atoms with E-state index >= 15 is 0 Å². The molecule has 1 amide bonds. The zero-order valence-electron chi connectivity index (χ0n) is 19.8. The van der Waals surface area contributed by atoms with Crippen molar-refractivity contribution in [2.75, 3.05) is 26.2 Å². The molecule has 0 saturated carbocycles. The van der Waals surface area contributed by atoms with Crippen LogP contribution in [-0.2, 0) is 14.8 Å². The third-order valence-corrected chi connectivity index (χ3v) is 9.00. The smallest absolute Gasteiger partial charge is 0.243 e. The van der Waals surface area contributed by atoms with Gasteiger partial charge in [0.15, 0.2) is 0 Å². The molecule has 0 spiro atoms. The lowest BCUT2D eigenvalue weighted by Crippen LogP contribution is -2.40. The molecule has 184 valence electrons. The molecule has 2 saturated heterocycles. The molecule has 3 heterocycles. The highest BCUT2D eigenvalue weighted by molar-refractivity contribution is 7.89. The van der Waals surface area contributed by atoms with Crippen molar-refractivity contribution in [3.63, 3.8) is 0 Å². The summed E-state index contributed by atoms with van der Waals surface area (Å²) < 4.78 is 32.6. The number of carbonyl (C=O) groups excluding carboxylic acids is 1. The highest BCUT2D eigenvalue weighted by Crippen LogP contribution is 2.31. The van der Waals surface area contributed by atoms with E-state index in [0.29, 0.717) is 43.5 Å². The summed E-state index contributed by atoms with van der Waals surface area (Å²) in [6.07, 6.45) is 3.34. The fraction of sp³-hybridized carbons (Fsp3) is 0.423. The van der Waals surface area contributed by atoms with Crippen LogP contribution in [0.5, 0.6) is 0 Å². The van der Waals surface area contributed by atoms with Crippen LogP contribution < -0.4 is 0 Å². The molecular weight excluding hydrogens is 464 g/mol. The number of carbonyl (C=O) groups is 1. The number of hydrogen-bond donors (Lipinski definition) is 0. The molecule has 1 atom stereocenters. The highest BCUT2D eigenvalue weighted by atomic mass is 32.2. The maximum Gasteiger partial charge on any atom is 0.243 e. The molecule has 0 radical (unpaired) electrons. The molecule has 2 aromatic carbocycles. The molecule has 0 aliphatic carbocycles. The Morgan fingerprint density at radius 1 is 0.971 bits per heavy atom. The Morgan fingerprint density at radius 3 is 2.29 bits per heavy atom. The Kier molecular flexibility index (Phi) is 6.71. The van der Waals surface area contributed by atoms with Crippen LogP contribution in [0.25, 0.3) is 11.4 Å². The van der Waals surface area contributed by atoms with Gasteiger partial charge in [-0.1, -0.05) is 35.5 Å². The number of aromatic nitrogens is 2. The molecule has 35 heavy (non-hydrogen) atoms. The normalized spacial score (nSPS) is 18.6. The van der Waals surface area contributed by atoms with Gasteiger partial charge in [0, 0.05) is 37.7 Å². The summed E-state index contributed by atoms with van der Waals surface area (Å²) in [5.41, 5.74) is 1.74. The standard InChI is InChI=1S/C26H30N4O4S/c1-19(20-7-3-2-4-8-20)26(31)29-17-13-22(14-18-29)25-27-24(28-34-25)21-9-11-23(12-10-21)35(32,33)30-15-5-6-16-30/h2-4,7-12,19,22H,5-6,13-18H2,1H3. The van der Waals surface area contributed by atoms with Crippen molar-refractivity contribution < 1.29 is 17.7 Å². The van der Waals surface area contributed by atoms with E-state index < -0.39 is 10.0 Å². The molecule has 8 nitrogen and oxygen atoms in total. The number of rotatable bonds is 6. The van der Waals surface area contributed by atoms with Gasteiger partial charge in [0.25, 0.3) is 0 Å². The second-order valence-electron chi connectivity index (χ2n) is 9.32. The van der Waals surface area contributed by atoms with Crippen LogP contribution in [0.2, 0.25) is 0 Å². The van der Waals surface area contributed by atoms with Crippen molar-refractivity contribution in [1.82, 2.24) is 19.3 Å². The largest absolute Gasteiger partial charge is 0.342 e. The van der Waals surface area contributed by atoms with Gasteiger partial charge in [-0.2, -0.15) is 9.29 Å². The van der Waals surface area contributed by atoms with Crippen molar-refractivity contribution >= 4 is 15.9 Å². The van der Waals surface area contributed by atoms with Gasteiger partial charge in [-0.05, 0) is 62.4 Å². The maximum absolute atomic E-state index is 12.9. The van der Waals surface area contributed by atoms with Crippen molar-refractivity contribution in [2.24, 2.45) is 0 Å². The minimum absolute atomic E-state index is 0.0992. The van der Waals surface area contributed by atoms with E-state index in [4.69, 9.17) is 4.52 Å². The molecule has 2 aliphatic heterocycles. The van der Waals surface area contributed by atoms with E-state index in [1.54, 1.807) is 24.3 Å². The van der Waals surface area contributed by atoms with Gasteiger partial charge >= 0.3 is 0 Å². The molecule has 1 unspecified atom stereocenters. The minimum atomic E-state index is -3.45. The lowest BCUT2D eigenvalue weighted by molar-refractivity contribution is -0.133. The van der Waals surface area contributed by atoms with Gasteiger partial charge in [-0.3, -0.25) is 4.79 Å². The Balaban J connectivity index is 1.21. The summed E-state index contributed by atoms with van der Waals surface area (Å²) in [6, 6.07) is 16.5. The van der Waals surface area contributed by atoms with Crippen LogP contribution in [-0.4, -0.2) is 59.8 Å². The van der Waals surface area contributed by atoms with Crippen molar-refractivity contribution in [3.05, 3.63) is 66.1 Å². The average molecular weight is 495 g/mol. The first kappa shape index (κ1) is 23.7. The van der Waals surface area contributed by atoms with Crippen molar-refractivity contribution in [1.29, 1.82) is 0 Å². The lowest BCUT2D eigenvalue weighted by Gasteiger charge is -2.32. The summed E-state index contributed by atoms with van der Waals surface area (Å²) in [5, 5.41) is 4.13. The van der Waals surface area contributed by atoms with E-state index in [2.05, 4.69) is 10.1 Å². The van der Waals surface area contributed by atoms with Gasteiger partial charge in [0.2, 0.25) is 27.6 Å². The van der Waals surface area contributed by atoms with Crippen LogP contribution in [0, 0.1) is 0 Å². The molecule has 1 aromatic heterocycles. The first-order valence-corrected chi connectivity index (χ1v) is 13.7. The second-order valence-corrected chi connectivity index (χ2v) is 11.3. The Morgan fingerprint density at radius 2 is 1.63 bits per heavy atom. The van der Waals surface area contributed by atoms with Crippen LogP contribution in [0.15, 0.2) is 64.0 Å². The molecule has 2 aliphatic rings. The molecular formula is C26H30N4O4S. The van der Waals surface area contributed by atoms with Gasteiger partial charge in [0.1, 0.15) is 0 Å². The first-order valence-electron chi connectivity index (χ1n) is 12.2. The van der Waals surface area contributed by atoms with Crippen molar-refractivity contribution in [3.8, 4) is 11.4 Å². The third kappa shape index (κ3) is 4.88. The number of amides is 1. The predicted molar refractivity (Wildman–Crippen MR) is 131 cm³/mol. The van der Waals surface area contributed by atoms with E-state index in [0.717, 1.165) is 31.2 Å². The van der Waals surface area contributed by atoms with Crippen LogP contribution in [0.1, 0.15) is 55.9 Å². The second kappa shape index (κ2) is 9.91. The molecule has 0 bridgehead atoms. The summed E-state index contributed by atoms with van der Waals surface area (Å²) in [5.74, 6) is 1.09. The highest BCUT2D eigenvalue weighted by Gasteiger charge is 2.30. The van der Waals surface area contributed by atoms with Crippen molar-refractivity contribution in [2.45, 2.75) is 49.3 Å². The number of piperidine rings is 1. The monoisotopic (exact) mass is 494 g/mol. The summed E-state index contributed by atoms with van der Waals surface area (Å²) in [4.78, 5) is 19.7. The zero-order valence-corrected chi connectivity index (χ0v) is 20.7. The average Bonchev–Trinajstić information content (AvgIpc) is 3.62. The number of benzene rings is 2. The van der Waals surface area contributed by atoms with Crippen LogP contribution in [0.4, 0.5) is 0 Å². The molecule has 3 aromatic rings. The fourth-order valence-corrected chi connectivity index (χ4v) is 6.39. The summed E-state index contributed by atoms with van der Waals surface area (Å²) in [6.45, 7) is 4.42. The SMILES string of the molecule is CC(C(=O)N1CCC(c2nc(-c3ccc(S(=O)(=O)N4CCCC4)cc3)no2)CC1)c1ccccc1. The molecule has 0 N–H and O–H groups in total. The number of nitrogens with zero attached hydrogens (tertiary/aromatic N) is 4. The number of sulfonamides is 1. The van der Waals surface area contributed by atoms with E-state index in [9.17, 15) is 13.2 Å². The molecule has 5 rings (SSSR count). The number of likely N-dealkylation sites (tertiary alicyclic amines) is 1. The number of hydrogen-bond acceptors (Lipinski definition) is 6. The van der Waals surface area contributed by atoms with Crippen LogP contribution in [0.3, 0.4) is 0 Å². The lowest BCUT2D eigenvalue weighted by atomic mass is 9.94. The van der Waals surface area contributed by atoms with E-state index in [1.165, 1.54) is 4.31 Å². The summed E-state index contributed by atoms with van der Waals surface area (Å²) >= 11 is 0. The minimum Gasteiger partial charge on any atom is -0.342 e. The zero-order chi connectivity index (χ0) is 24.4. The van der Waals surface area contributed by atoms with Gasteiger partial charge in [-0.25, -0.2) is 8.42 Å². The Bertz CT molecular complexity index is 1260. The fourth-order valence-electron chi connectivity index (χ4n) is 4.88. The quantitative estimate of drug-likeness (QED) is 0.513. The van der Waals surface area contributed by atoms with Gasteiger partial charge in [-0.15, -0.1) is 0 Å². The molecule has 2 fully saturated rings. The van der Waals surface area contributed by atoms with Gasteiger partial charge < -0.3 is 9.42 Å². The summed E-state index contributed by atoms with van der Waals surface area (Å²) in [7, 11) is -3.45. The topological polar surface area (TPSA) is 96.6 Å². The first-order chi connectivity index (χ1) is 16.9. The van der Waals surface area contributed by atoms with E-state index in [-0.39, 0.29) is 22.6 Å². The predicted octanol–water partition coefficient (Wildman–Crippen LogP) is 4.03. The van der Waals surface area contributed by atoms with Crippen LogP contribution >= 0.6 is 0 Å². The Labute approximate surface area is 206 Å².